The van der Waals surface area contributed by atoms with E-state index in [0.29, 0.717) is 30.4 Å². The normalized spacial score (nSPS) is 14.2. The van der Waals surface area contributed by atoms with Gasteiger partial charge in [0.15, 0.2) is 11.5 Å². The number of hydrogen-bond acceptors (Lipinski definition) is 4. The highest BCUT2D eigenvalue weighted by Gasteiger charge is 2.27. The average Bonchev–Trinajstić information content (AvgIpc) is 2.66. The third-order valence-electron chi connectivity index (χ3n) is 2.69. The zero-order chi connectivity index (χ0) is 15.3. The molecule has 5 nitrogen and oxygen atoms in total. The summed E-state index contributed by atoms with van der Waals surface area (Å²) >= 11 is 0. The summed E-state index contributed by atoms with van der Waals surface area (Å²) in [4.78, 5) is 11.3. The Morgan fingerprint density at radius 3 is 2.62 bits per heavy atom. The molecule has 21 heavy (non-hydrogen) atoms. The van der Waals surface area contributed by atoms with Crippen LogP contribution >= 0.6 is 0 Å². The molecule has 0 unspecified atom stereocenters. The minimum atomic E-state index is -4.41. The second-order valence-corrected chi connectivity index (χ2v) is 4.46. The highest BCUT2D eigenvalue weighted by Crippen LogP contribution is 2.32. The Bertz CT molecular complexity index is 506. The zero-order valence-electron chi connectivity index (χ0n) is 11.1. The quantitative estimate of drug-likeness (QED) is 0.892. The van der Waals surface area contributed by atoms with Gasteiger partial charge >= 0.3 is 6.18 Å². The van der Waals surface area contributed by atoms with Gasteiger partial charge in [0.1, 0.15) is 6.54 Å². The highest BCUT2D eigenvalue weighted by molar-refractivity contribution is 5.80. The molecule has 2 N–H and O–H groups in total. The number of ether oxygens (including phenoxy) is 2. The van der Waals surface area contributed by atoms with Gasteiger partial charge in [0.2, 0.25) is 5.91 Å². The van der Waals surface area contributed by atoms with Crippen LogP contribution in [0, 0.1) is 0 Å². The van der Waals surface area contributed by atoms with Crippen LogP contribution in [-0.4, -0.2) is 38.4 Å². The van der Waals surface area contributed by atoms with Crippen LogP contribution in [0.1, 0.15) is 6.42 Å². The van der Waals surface area contributed by atoms with Crippen molar-refractivity contribution in [3.8, 4) is 11.5 Å². The summed E-state index contributed by atoms with van der Waals surface area (Å²) in [7, 11) is 0. The molecule has 1 amide bonds. The highest BCUT2D eigenvalue weighted by atomic mass is 19.4. The van der Waals surface area contributed by atoms with Gasteiger partial charge in [0.05, 0.1) is 19.8 Å². The Hall–Kier alpha value is -2.12. The zero-order valence-corrected chi connectivity index (χ0v) is 11.1. The van der Waals surface area contributed by atoms with Gasteiger partial charge in [-0.05, 0) is 12.1 Å². The van der Waals surface area contributed by atoms with Crippen molar-refractivity contribution in [1.82, 2.24) is 5.32 Å². The minimum Gasteiger partial charge on any atom is -0.490 e. The largest absolute Gasteiger partial charge is 0.490 e. The molecule has 2 rings (SSSR count). The number of alkyl halides is 3. The summed E-state index contributed by atoms with van der Waals surface area (Å²) in [5.74, 6) is 0.423. The van der Waals surface area contributed by atoms with E-state index in [1.54, 1.807) is 23.5 Å². The molecular weight excluding hydrogens is 289 g/mol. The standard InChI is InChI=1S/C13H15F3N2O3/c14-13(15,16)8-18-12(19)7-17-9-2-3-10-11(6-9)21-5-1-4-20-10/h2-3,6,17H,1,4-5,7-8H2,(H,18,19). The molecule has 1 aromatic rings. The second kappa shape index (κ2) is 6.55. The Morgan fingerprint density at radius 2 is 1.90 bits per heavy atom. The van der Waals surface area contributed by atoms with Crippen molar-refractivity contribution in [2.24, 2.45) is 0 Å². The third-order valence-corrected chi connectivity index (χ3v) is 2.69. The first kappa shape index (κ1) is 15.3. The fourth-order valence-electron chi connectivity index (χ4n) is 1.72. The summed E-state index contributed by atoms with van der Waals surface area (Å²) in [5, 5.41) is 4.52. The molecule has 8 heteroatoms. The van der Waals surface area contributed by atoms with E-state index < -0.39 is 18.6 Å². The van der Waals surface area contributed by atoms with Crippen LogP contribution in [0.2, 0.25) is 0 Å². The molecule has 1 aliphatic heterocycles. The fourth-order valence-corrected chi connectivity index (χ4v) is 1.72. The molecule has 0 aliphatic carbocycles. The molecule has 1 aromatic carbocycles. The van der Waals surface area contributed by atoms with Crippen LogP contribution in [0.4, 0.5) is 18.9 Å². The first-order valence-electron chi connectivity index (χ1n) is 6.41. The molecule has 0 atom stereocenters. The average molecular weight is 304 g/mol. The Balaban J connectivity index is 1.86. The van der Waals surface area contributed by atoms with Gasteiger partial charge in [0.25, 0.3) is 0 Å². The van der Waals surface area contributed by atoms with E-state index in [1.165, 1.54) is 0 Å². The van der Waals surface area contributed by atoms with E-state index in [1.807, 2.05) is 0 Å². The molecule has 0 radical (unpaired) electrons. The number of fused-ring (bicyclic) bond motifs is 1. The van der Waals surface area contributed by atoms with Gasteiger partial charge in [0, 0.05) is 18.2 Å². The lowest BCUT2D eigenvalue weighted by atomic mass is 10.2. The molecule has 1 heterocycles. The lowest BCUT2D eigenvalue weighted by molar-refractivity contribution is -0.137. The number of rotatable bonds is 4. The van der Waals surface area contributed by atoms with Crippen molar-refractivity contribution in [3.05, 3.63) is 18.2 Å². The van der Waals surface area contributed by atoms with Gasteiger partial charge in [-0.15, -0.1) is 0 Å². The number of anilines is 1. The predicted molar refractivity (Wildman–Crippen MR) is 69.6 cm³/mol. The molecular formula is C13H15F3N2O3. The summed E-state index contributed by atoms with van der Waals surface area (Å²) in [5.41, 5.74) is 0.571. The van der Waals surface area contributed by atoms with E-state index in [9.17, 15) is 18.0 Å². The van der Waals surface area contributed by atoms with E-state index in [4.69, 9.17) is 9.47 Å². The number of nitrogens with one attached hydrogen (secondary N) is 2. The molecule has 0 saturated carbocycles. The predicted octanol–water partition coefficient (Wildman–Crippen LogP) is 1.94. The van der Waals surface area contributed by atoms with Crippen LogP contribution in [0.3, 0.4) is 0 Å². The molecule has 0 aromatic heterocycles. The van der Waals surface area contributed by atoms with E-state index in [2.05, 4.69) is 5.32 Å². The first-order valence-corrected chi connectivity index (χ1v) is 6.41. The van der Waals surface area contributed by atoms with Crippen molar-refractivity contribution in [2.45, 2.75) is 12.6 Å². The lowest BCUT2D eigenvalue weighted by Gasteiger charge is -2.12. The smallest absolute Gasteiger partial charge is 0.405 e. The summed E-state index contributed by atoms with van der Waals surface area (Å²) in [6.45, 7) is -0.494. The van der Waals surface area contributed by atoms with Crippen LogP contribution in [0.15, 0.2) is 18.2 Å². The molecule has 0 bridgehead atoms. The number of carbonyl (C=O) groups is 1. The number of benzene rings is 1. The maximum Gasteiger partial charge on any atom is 0.405 e. The summed E-state index contributed by atoms with van der Waals surface area (Å²) < 4.78 is 46.7. The molecule has 0 saturated heterocycles. The van der Waals surface area contributed by atoms with Gasteiger partial charge in [-0.3, -0.25) is 4.79 Å². The van der Waals surface area contributed by atoms with Crippen LogP contribution in [-0.2, 0) is 4.79 Å². The van der Waals surface area contributed by atoms with E-state index in [0.717, 1.165) is 6.42 Å². The number of amides is 1. The van der Waals surface area contributed by atoms with Gasteiger partial charge in [-0.2, -0.15) is 13.2 Å². The Labute approximate surface area is 119 Å². The molecule has 0 spiro atoms. The topological polar surface area (TPSA) is 59.6 Å². The number of carbonyl (C=O) groups excluding carboxylic acids is 1. The summed E-state index contributed by atoms with van der Waals surface area (Å²) in [6, 6.07) is 5.01. The van der Waals surface area contributed by atoms with Gasteiger partial charge < -0.3 is 20.1 Å². The Kier molecular flexibility index (Phi) is 4.77. The van der Waals surface area contributed by atoms with Crippen LogP contribution in [0.25, 0.3) is 0 Å². The third kappa shape index (κ3) is 5.05. The first-order chi connectivity index (χ1) is 9.94. The van der Waals surface area contributed by atoms with Crippen LogP contribution < -0.4 is 20.1 Å². The number of hydrogen-bond donors (Lipinski definition) is 2. The SMILES string of the molecule is O=C(CNc1ccc2c(c1)OCCCO2)NCC(F)(F)F. The second-order valence-electron chi connectivity index (χ2n) is 4.46. The van der Waals surface area contributed by atoms with Crippen molar-refractivity contribution in [2.75, 3.05) is 31.6 Å². The van der Waals surface area contributed by atoms with Gasteiger partial charge in [-0.1, -0.05) is 0 Å². The van der Waals surface area contributed by atoms with E-state index >= 15 is 0 Å². The lowest BCUT2D eigenvalue weighted by Crippen LogP contribution is -2.37. The summed E-state index contributed by atoms with van der Waals surface area (Å²) in [6.07, 6.45) is -3.64. The van der Waals surface area contributed by atoms with Crippen molar-refractivity contribution < 1.29 is 27.4 Å². The van der Waals surface area contributed by atoms with Crippen molar-refractivity contribution in [3.63, 3.8) is 0 Å². The Morgan fingerprint density at radius 1 is 1.19 bits per heavy atom. The molecule has 0 fully saturated rings. The monoisotopic (exact) mass is 304 g/mol. The molecule has 116 valence electrons. The van der Waals surface area contributed by atoms with E-state index in [-0.39, 0.29) is 6.54 Å². The maximum absolute atomic E-state index is 11.9. The van der Waals surface area contributed by atoms with Crippen molar-refractivity contribution in [1.29, 1.82) is 0 Å². The van der Waals surface area contributed by atoms with Crippen LogP contribution in [0.5, 0.6) is 11.5 Å². The maximum atomic E-state index is 11.9. The van der Waals surface area contributed by atoms with Crippen molar-refractivity contribution >= 4 is 11.6 Å². The van der Waals surface area contributed by atoms with Gasteiger partial charge in [-0.25, -0.2) is 0 Å². The molecule has 1 aliphatic rings. The number of halogens is 3. The fraction of sp³-hybridized carbons (Fsp3) is 0.462. The minimum absolute atomic E-state index is 0.254.